The number of hydrogen-bond donors (Lipinski definition) is 0. The normalized spacial score (nSPS) is 35.8. The fourth-order valence-corrected chi connectivity index (χ4v) is 3.99. The predicted molar refractivity (Wildman–Crippen MR) is 80.6 cm³/mol. The zero-order chi connectivity index (χ0) is 14.3. The molecule has 1 aliphatic carbocycles. The first kappa shape index (κ1) is 15.1. The lowest BCUT2D eigenvalue weighted by Gasteiger charge is -2.42. The molecule has 1 saturated carbocycles. The van der Waals surface area contributed by atoms with Crippen molar-refractivity contribution in [3.63, 3.8) is 0 Å². The fraction of sp³-hybridized carbons (Fsp3) is 0.933. The van der Waals surface area contributed by atoms with Gasteiger partial charge in [0.25, 0.3) is 0 Å². The Kier molecular flexibility index (Phi) is 3.94. The lowest BCUT2D eigenvalue weighted by molar-refractivity contribution is -0.0140. The quantitative estimate of drug-likeness (QED) is 0.709. The maximum Gasteiger partial charge on any atom is 0.410 e. The molecule has 1 saturated heterocycles. The van der Waals surface area contributed by atoms with Gasteiger partial charge in [-0.15, -0.1) is 0 Å². The second kappa shape index (κ2) is 4.94. The summed E-state index contributed by atoms with van der Waals surface area (Å²) < 4.78 is 5.81. The molecule has 1 heterocycles. The van der Waals surface area contributed by atoms with Crippen molar-refractivity contribution in [2.45, 2.75) is 59.0 Å². The zero-order valence-electron chi connectivity index (χ0n) is 12.6. The van der Waals surface area contributed by atoms with Gasteiger partial charge in [-0.25, -0.2) is 4.79 Å². The first-order chi connectivity index (χ1) is 8.67. The smallest absolute Gasteiger partial charge is 0.410 e. The molecule has 0 N–H and O–H groups in total. The van der Waals surface area contributed by atoms with E-state index in [2.05, 4.69) is 43.6 Å². The van der Waals surface area contributed by atoms with Crippen LogP contribution in [0.15, 0.2) is 0 Å². The third kappa shape index (κ3) is 3.45. The van der Waals surface area contributed by atoms with Crippen molar-refractivity contribution in [1.82, 2.24) is 4.90 Å². The van der Waals surface area contributed by atoms with Crippen molar-refractivity contribution in [2.24, 2.45) is 10.8 Å². The molecule has 110 valence electrons. The largest absolute Gasteiger partial charge is 0.441 e. The highest BCUT2D eigenvalue weighted by atomic mass is 79.9. The minimum Gasteiger partial charge on any atom is -0.441 e. The lowest BCUT2D eigenvalue weighted by Crippen LogP contribution is -2.44. The molecule has 0 aromatic rings. The fourth-order valence-electron chi connectivity index (χ4n) is 3.52. The summed E-state index contributed by atoms with van der Waals surface area (Å²) >= 11 is 3.62. The second-order valence-electron chi connectivity index (χ2n) is 7.94. The van der Waals surface area contributed by atoms with Crippen molar-refractivity contribution < 1.29 is 9.53 Å². The van der Waals surface area contributed by atoms with Crippen molar-refractivity contribution in [1.29, 1.82) is 0 Å². The molecule has 0 aromatic heterocycles. The van der Waals surface area contributed by atoms with Crippen LogP contribution < -0.4 is 0 Å². The summed E-state index contributed by atoms with van der Waals surface area (Å²) in [7, 11) is 0. The molecule has 1 aliphatic heterocycles. The van der Waals surface area contributed by atoms with Crippen LogP contribution in [-0.4, -0.2) is 35.0 Å². The highest BCUT2D eigenvalue weighted by Gasteiger charge is 2.51. The van der Waals surface area contributed by atoms with Crippen LogP contribution in [-0.2, 0) is 4.74 Å². The van der Waals surface area contributed by atoms with Gasteiger partial charge in [-0.3, -0.25) is 0 Å². The number of halogens is 1. The van der Waals surface area contributed by atoms with Crippen LogP contribution in [0, 0.1) is 10.8 Å². The molecular weight excluding hydrogens is 306 g/mol. The minimum absolute atomic E-state index is 0.117. The summed E-state index contributed by atoms with van der Waals surface area (Å²) in [6, 6.07) is 0. The van der Waals surface area contributed by atoms with Crippen LogP contribution in [0.5, 0.6) is 0 Å². The van der Waals surface area contributed by atoms with Gasteiger partial charge in [0.1, 0.15) is 5.60 Å². The summed E-state index contributed by atoms with van der Waals surface area (Å²) in [4.78, 5) is 14.0. The molecule has 2 aliphatic rings. The third-order valence-electron chi connectivity index (χ3n) is 4.19. The molecule has 2 atom stereocenters. The van der Waals surface area contributed by atoms with E-state index < -0.39 is 0 Å². The molecule has 0 aromatic carbocycles. The maximum absolute atomic E-state index is 12.1. The summed E-state index contributed by atoms with van der Waals surface area (Å²) in [5, 5.41) is 0.985. The van der Waals surface area contributed by atoms with E-state index in [1.165, 1.54) is 6.42 Å². The highest BCUT2D eigenvalue weighted by molar-refractivity contribution is 9.09. The predicted octanol–water partition coefficient (Wildman–Crippen LogP) is 4.20. The van der Waals surface area contributed by atoms with E-state index in [0.717, 1.165) is 37.7 Å². The Morgan fingerprint density at radius 1 is 1.37 bits per heavy atom. The summed E-state index contributed by atoms with van der Waals surface area (Å²) in [6.07, 6.45) is 4.25. The average Bonchev–Trinajstić information content (AvgIpc) is 2.52. The minimum atomic E-state index is -0.233. The molecule has 2 rings (SSSR count). The van der Waals surface area contributed by atoms with E-state index in [-0.39, 0.29) is 22.5 Å². The van der Waals surface area contributed by atoms with Crippen molar-refractivity contribution in [2.75, 3.05) is 18.4 Å². The van der Waals surface area contributed by atoms with E-state index in [4.69, 9.17) is 4.74 Å². The molecule has 4 heteroatoms. The van der Waals surface area contributed by atoms with Gasteiger partial charge in [0.15, 0.2) is 0 Å². The number of carbonyl (C=O) groups is 1. The van der Waals surface area contributed by atoms with Crippen molar-refractivity contribution in [3.05, 3.63) is 0 Å². The van der Waals surface area contributed by atoms with Crippen LogP contribution in [0.4, 0.5) is 4.79 Å². The third-order valence-corrected chi connectivity index (χ3v) is 5.54. The Morgan fingerprint density at radius 2 is 2.05 bits per heavy atom. The monoisotopic (exact) mass is 331 g/mol. The molecular formula is C15H26BrNO2. The second-order valence-corrected chi connectivity index (χ2v) is 8.50. The van der Waals surface area contributed by atoms with Crippen molar-refractivity contribution in [3.8, 4) is 0 Å². The Bertz CT molecular complexity index is 366. The number of carbonyl (C=O) groups excluding carboxylic acids is 1. The summed E-state index contributed by atoms with van der Waals surface area (Å²) in [5.74, 6) is 0. The van der Waals surface area contributed by atoms with Gasteiger partial charge in [0.05, 0.1) is 6.54 Å². The Morgan fingerprint density at radius 3 is 2.63 bits per heavy atom. The summed E-state index contributed by atoms with van der Waals surface area (Å²) in [5.41, 5.74) is 0.150. The highest BCUT2D eigenvalue weighted by Crippen LogP contribution is 2.47. The molecule has 0 unspecified atom stereocenters. The number of rotatable bonds is 2. The van der Waals surface area contributed by atoms with E-state index in [1.54, 1.807) is 0 Å². The average molecular weight is 332 g/mol. The van der Waals surface area contributed by atoms with Gasteiger partial charge < -0.3 is 9.64 Å². The van der Waals surface area contributed by atoms with E-state index in [1.807, 2.05) is 4.90 Å². The first-order valence-corrected chi connectivity index (χ1v) is 8.33. The summed E-state index contributed by atoms with van der Waals surface area (Å²) in [6.45, 7) is 10.3. The SMILES string of the molecule is CC(C)(C)CN1C[C@@]2(CCC[C@](C)(CBr)C2)OC1=O. The zero-order valence-corrected chi connectivity index (χ0v) is 14.2. The Labute approximate surface area is 125 Å². The molecule has 19 heavy (non-hydrogen) atoms. The van der Waals surface area contributed by atoms with Gasteiger partial charge in [0, 0.05) is 11.9 Å². The van der Waals surface area contributed by atoms with E-state index >= 15 is 0 Å². The van der Waals surface area contributed by atoms with Crippen LogP contribution in [0.2, 0.25) is 0 Å². The first-order valence-electron chi connectivity index (χ1n) is 7.21. The van der Waals surface area contributed by atoms with Gasteiger partial charge in [-0.05, 0) is 36.5 Å². The van der Waals surface area contributed by atoms with Crippen molar-refractivity contribution >= 4 is 22.0 Å². The van der Waals surface area contributed by atoms with Crippen LogP contribution in [0.1, 0.15) is 53.4 Å². The molecule has 1 spiro atoms. The van der Waals surface area contributed by atoms with Crippen LogP contribution >= 0.6 is 15.9 Å². The van der Waals surface area contributed by atoms with Gasteiger partial charge in [-0.1, -0.05) is 43.6 Å². The van der Waals surface area contributed by atoms with Crippen LogP contribution in [0.25, 0.3) is 0 Å². The van der Waals surface area contributed by atoms with Crippen LogP contribution in [0.3, 0.4) is 0 Å². The molecule has 1 amide bonds. The number of ether oxygens (including phenoxy) is 1. The number of alkyl halides is 1. The molecule has 2 fully saturated rings. The van der Waals surface area contributed by atoms with E-state index in [0.29, 0.717) is 0 Å². The Hall–Kier alpha value is -0.250. The Balaban J connectivity index is 2.08. The number of hydrogen-bond acceptors (Lipinski definition) is 2. The van der Waals surface area contributed by atoms with Gasteiger partial charge >= 0.3 is 6.09 Å². The lowest BCUT2D eigenvalue weighted by atomic mass is 9.69. The number of nitrogens with zero attached hydrogens (tertiary/aromatic N) is 1. The maximum atomic E-state index is 12.1. The topological polar surface area (TPSA) is 29.5 Å². The standard InChI is InChI=1S/C15H26BrNO2/c1-13(2,3)10-17-11-15(19-12(17)18)7-5-6-14(4,8-15)9-16/h5-11H2,1-4H3/t14-,15-/m0/s1. The van der Waals surface area contributed by atoms with E-state index in [9.17, 15) is 4.79 Å². The van der Waals surface area contributed by atoms with Gasteiger partial charge in [-0.2, -0.15) is 0 Å². The van der Waals surface area contributed by atoms with Gasteiger partial charge in [0.2, 0.25) is 0 Å². The molecule has 0 radical (unpaired) electrons. The molecule has 3 nitrogen and oxygen atoms in total. The number of amides is 1. The molecule has 0 bridgehead atoms.